The van der Waals surface area contributed by atoms with Crippen LogP contribution in [0.15, 0.2) is 30.6 Å². The second kappa shape index (κ2) is 6.25. The molecule has 0 spiro atoms. The second-order valence-electron chi connectivity index (χ2n) is 5.54. The Morgan fingerprint density at radius 1 is 1.26 bits per heavy atom. The third-order valence-electron chi connectivity index (χ3n) is 3.87. The second-order valence-corrected chi connectivity index (χ2v) is 7.04. The number of hydrogen-bond acceptors (Lipinski definition) is 6. The molecule has 8 heteroatoms. The molecule has 1 aliphatic heterocycles. The molecule has 0 bridgehead atoms. The first-order valence-corrected chi connectivity index (χ1v) is 8.66. The lowest BCUT2D eigenvalue weighted by Crippen LogP contribution is -2.31. The van der Waals surface area contributed by atoms with Crippen LogP contribution < -0.4 is 5.32 Å². The molecule has 1 unspecified atom stereocenters. The van der Waals surface area contributed by atoms with E-state index in [4.69, 9.17) is 11.6 Å². The fourth-order valence-corrected chi connectivity index (χ4v) is 3.67. The van der Waals surface area contributed by atoms with E-state index in [1.165, 1.54) is 5.56 Å². The SMILES string of the molecule is Clc1ccc(Cc2nnc(NC3CCc4ncnn4C3)s2)cc1. The van der Waals surface area contributed by atoms with Gasteiger partial charge in [0, 0.05) is 23.9 Å². The van der Waals surface area contributed by atoms with Crippen LogP contribution in [0.5, 0.6) is 0 Å². The largest absolute Gasteiger partial charge is 0.355 e. The number of hydrogen-bond donors (Lipinski definition) is 1. The molecule has 0 saturated heterocycles. The molecule has 23 heavy (non-hydrogen) atoms. The van der Waals surface area contributed by atoms with E-state index in [2.05, 4.69) is 25.6 Å². The third kappa shape index (κ3) is 3.35. The van der Waals surface area contributed by atoms with Crippen molar-refractivity contribution < 1.29 is 0 Å². The number of nitrogens with one attached hydrogen (secondary N) is 1. The van der Waals surface area contributed by atoms with Crippen molar-refractivity contribution in [2.45, 2.75) is 31.8 Å². The zero-order chi connectivity index (χ0) is 15.6. The Morgan fingerprint density at radius 2 is 2.13 bits per heavy atom. The highest BCUT2D eigenvalue weighted by Gasteiger charge is 2.20. The number of anilines is 1. The van der Waals surface area contributed by atoms with Gasteiger partial charge in [-0.2, -0.15) is 5.10 Å². The average molecular weight is 347 g/mol. The highest BCUT2D eigenvalue weighted by molar-refractivity contribution is 7.15. The Hall–Kier alpha value is -1.99. The van der Waals surface area contributed by atoms with Gasteiger partial charge in [-0.1, -0.05) is 35.1 Å². The summed E-state index contributed by atoms with van der Waals surface area (Å²) in [4.78, 5) is 4.24. The van der Waals surface area contributed by atoms with Gasteiger partial charge in [0.05, 0.1) is 6.54 Å². The molecule has 3 aromatic rings. The number of fused-ring (bicyclic) bond motifs is 1. The van der Waals surface area contributed by atoms with Gasteiger partial charge >= 0.3 is 0 Å². The van der Waals surface area contributed by atoms with Crippen LogP contribution in [0.25, 0.3) is 0 Å². The van der Waals surface area contributed by atoms with Crippen LogP contribution in [0, 0.1) is 0 Å². The zero-order valence-electron chi connectivity index (χ0n) is 12.3. The standard InChI is InChI=1S/C15H15ClN6S/c16-11-3-1-10(2-4-11)7-14-20-21-15(23-14)19-12-5-6-13-17-9-18-22(13)8-12/h1-4,9,12H,5-8H2,(H,19,21). The minimum Gasteiger partial charge on any atom is -0.355 e. The maximum atomic E-state index is 5.91. The summed E-state index contributed by atoms with van der Waals surface area (Å²) in [6.45, 7) is 0.821. The van der Waals surface area contributed by atoms with Crippen LogP contribution in [0.1, 0.15) is 22.8 Å². The van der Waals surface area contributed by atoms with Crippen LogP contribution in [0.2, 0.25) is 5.02 Å². The summed E-state index contributed by atoms with van der Waals surface area (Å²) in [5, 5.41) is 18.8. The molecular weight excluding hydrogens is 332 g/mol. The monoisotopic (exact) mass is 346 g/mol. The Bertz CT molecular complexity index is 796. The van der Waals surface area contributed by atoms with Crippen molar-refractivity contribution in [3.8, 4) is 0 Å². The van der Waals surface area contributed by atoms with E-state index >= 15 is 0 Å². The summed E-state index contributed by atoms with van der Waals surface area (Å²) < 4.78 is 1.96. The fourth-order valence-electron chi connectivity index (χ4n) is 2.69. The van der Waals surface area contributed by atoms with Crippen molar-refractivity contribution >= 4 is 28.1 Å². The summed E-state index contributed by atoms with van der Waals surface area (Å²) in [5.74, 6) is 1.06. The average Bonchev–Trinajstić information content (AvgIpc) is 3.18. The molecule has 0 amide bonds. The maximum absolute atomic E-state index is 5.91. The molecule has 1 aromatic carbocycles. The number of nitrogens with zero attached hydrogens (tertiary/aromatic N) is 5. The minimum atomic E-state index is 0.320. The Morgan fingerprint density at radius 3 is 3.00 bits per heavy atom. The fraction of sp³-hybridized carbons (Fsp3) is 0.333. The first-order chi connectivity index (χ1) is 11.3. The maximum Gasteiger partial charge on any atom is 0.205 e. The molecule has 4 rings (SSSR count). The quantitative estimate of drug-likeness (QED) is 0.786. The molecule has 0 radical (unpaired) electrons. The third-order valence-corrected chi connectivity index (χ3v) is 4.97. The molecule has 3 heterocycles. The first-order valence-electron chi connectivity index (χ1n) is 7.46. The number of aryl methyl sites for hydroxylation is 1. The van der Waals surface area contributed by atoms with Gasteiger partial charge in [0.2, 0.25) is 5.13 Å². The van der Waals surface area contributed by atoms with Crippen molar-refractivity contribution in [1.29, 1.82) is 0 Å². The first kappa shape index (κ1) is 14.6. The summed E-state index contributed by atoms with van der Waals surface area (Å²) in [7, 11) is 0. The highest BCUT2D eigenvalue weighted by atomic mass is 35.5. The predicted molar refractivity (Wildman–Crippen MR) is 89.9 cm³/mol. The van der Waals surface area contributed by atoms with E-state index in [0.29, 0.717) is 6.04 Å². The molecular formula is C15H15ClN6S. The van der Waals surface area contributed by atoms with E-state index in [0.717, 1.165) is 46.8 Å². The van der Waals surface area contributed by atoms with Crippen molar-refractivity contribution in [3.05, 3.63) is 52.0 Å². The zero-order valence-corrected chi connectivity index (χ0v) is 13.9. The Balaban J connectivity index is 1.39. The smallest absolute Gasteiger partial charge is 0.205 e. The lowest BCUT2D eigenvalue weighted by Gasteiger charge is -2.22. The lowest BCUT2D eigenvalue weighted by atomic mass is 10.1. The number of rotatable bonds is 4. The normalized spacial score (nSPS) is 17.0. The highest BCUT2D eigenvalue weighted by Crippen LogP contribution is 2.22. The molecule has 2 aromatic heterocycles. The van der Waals surface area contributed by atoms with Crippen LogP contribution in [0.4, 0.5) is 5.13 Å². The van der Waals surface area contributed by atoms with Gasteiger partial charge in [-0.15, -0.1) is 10.2 Å². The summed E-state index contributed by atoms with van der Waals surface area (Å²) in [6.07, 6.45) is 4.36. The topological polar surface area (TPSA) is 68.5 Å². The summed E-state index contributed by atoms with van der Waals surface area (Å²) >= 11 is 7.51. The minimum absolute atomic E-state index is 0.320. The molecule has 1 N–H and O–H groups in total. The van der Waals surface area contributed by atoms with E-state index in [1.807, 2.05) is 28.9 Å². The van der Waals surface area contributed by atoms with Gasteiger partial charge in [-0.05, 0) is 24.1 Å². The molecule has 0 fully saturated rings. The van der Waals surface area contributed by atoms with Crippen molar-refractivity contribution in [2.75, 3.05) is 5.32 Å². The van der Waals surface area contributed by atoms with E-state index in [9.17, 15) is 0 Å². The van der Waals surface area contributed by atoms with E-state index < -0.39 is 0 Å². The molecule has 0 aliphatic carbocycles. The summed E-state index contributed by atoms with van der Waals surface area (Å²) in [5.41, 5.74) is 1.18. The molecule has 1 atom stereocenters. The van der Waals surface area contributed by atoms with Crippen LogP contribution in [-0.2, 0) is 19.4 Å². The summed E-state index contributed by atoms with van der Waals surface area (Å²) in [6, 6.07) is 8.15. The van der Waals surface area contributed by atoms with Gasteiger partial charge in [0.1, 0.15) is 17.2 Å². The van der Waals surface area contributed by atoms with Gasteiger partial charge < -0.3 is 5.32 Å². The molecule has 6 nitrogen and oxygen atoms in total. The van der Waals surface area contributed by atoms with Crippen LogP contribution in [-0.4, -0.2) is 31.0 Å². The van der Waals surface area contributed by atoms with Gasteiger partial charge in [0.15, 0.2) is 0 Å². The Labute approximate surface area is 142 Å². The molecule has 118 valence electrons. The lowest BCUT2D eigenvalue weighted by molar-refractivity contribution is 0.441. The number of aromatic nitrogens is 5. The van der Waals surface area contributed by atoms with E-state index in [-0.39, 0.29) is 0 Å². The van der Waals surface area contributed by atoms with Crippen LogP contribution >= 0.6 is 22.9 Å². The van der Waals surface area contributed by atoms with Gasteiger partial charge in [-0.25, -0.2) is 9.67 Å². The van der Waals surface area contributed by atoms with Gasteiger partial charge in [-0.3, -0.25) is 0 Å². The van der Waals surface area contributed by atoms with Crippen LogP contribution in [0.3, 0.4) is 0 Å². The van der Waals surface area contributed by atoms with Crippen molar-refractivity contribution in [1.82, 2.24) is 25.0 Å². The van der Waals surface area contributed by atoms with Crippen molar-refractivity contribution in [2.24, 2.45) is 0 Å². The molecule has 0 saturated carbocycles. The predicted octanol–water partition coefficient (Wildman–Crippen LogP) is 2.80. The molecule has 1 aliphatic rings. The number of halogens is 1. The Kier molecular flexibility index (Phi) is 3.97. The number of benzene rings is 1. The van der Waals surface area contributed by atoms with Gasteiger partial charge in [0.25, 0.3) is 0 Å². The van der Waals surface area contributed by atoms with E-state index in [1.54, 1.807) is 17.7 Å². The van der Waals surface area contributed by atoms with Crippen molar-refractivity contribution in [3.63, 3.8) is 0 Å².